The summed E-state index contributed by atoms with van der Waals surface area (Å²) in [5.74, 6) is -1.52. The van der Waals surface area contributed by atoms with Gasteiger partial charge in [-0.1, -0.05) is 25.8 Å². The predicted octanol–water partition coefficient (Wildman–Crippen LogP) is 2.49. The minimum absolute atomic E-state index is 0.114. The van der Waals surface area contributed by atoms with Gasteiger partial charge >= 0.3 is 0 Å². The Morgan fingerprint density at radius 2 is 1.90 bits per heavy atom. The highest BCUT2D eigenvalue weighted by Crippen LogP contribution is 2.42. The van der Waals surface area contributed by atoms with E-state index in [-0.39, 0.29) is 30.5 Å². The maximum Gasteiger partial charge on any atom is 0.224 e. The second-order valence-corrected chi connectivity index (χ2v) is 5.94. The summed E-state index contributed by atoms with van der Waals surface area (Å²) in [7, 11) is 0. The monoisotopic (exact) mass is 296 g/mol. The Morgan fingerprint density at radius 3 is 2.43 bits per heavy atom. The third-order valence-electron chi connectivity index (χ3n) is 4.46. The minimum atomic E-state index is -0.639. The van der Waals surface area contributed by atoms with Crippen molar-refractivity contribution < 1.29 is 13.6 Å². The number of hydrogen-bond donors (Lipinski definition) is 2. The largest absolute Gasteiger partial charge is 0.355 e. The maximum absolute atomic E-state index is 14.1. The smallest absolute Gasteiger partial charge is 0.224 e. The Morgan fingerprint density at radius 1 is 1.33 bits per heavy atom. The van der Waals surface area contributed by atoms with Gasteiger partial charge in [0.15, 0.2) is 0 Å². The first-order chi connectivity index (χ1) is 10.00. The molecule has 0 aromatic heterocycles. The highest BCUT2D eigenvalue weighted by atomic mass is 19.1. The maximum atomic E-state index is 14.1. The van der Waals surface area contributed by atoms with Crippen molar-refractivity contribution in [2.45, 2.75) is 38.0 Å². The van der Waals surface area contributed by atoms with E-state index in [1.165, 1.54) is 18.2 Å². The molecule has 2 rings (SSSR count). The molecule has 0 heterocycles. The molecule has 1 atom stereocenters. The van der Waals surface area contributed by atoms with E-state index in [4.69, 9.17) is 5.73 Å². The Balaban J connectivity index is 2.23. The van der Waals surface area contributed by atoms with Crippen molar-refractivity contribution in [3.05, 3.63) is 35.4 Å². The number of benzene rings is 1. The topological polar surface area (TPSA) is 55.1 Å². The number of amides is 1. The number of carbonyl (C=O) groups excluding carboxylic acids is 1. The summed E-state index contributed by atoms with van der Waals surface area (Å²) in [6, 6.07) is 3.93. The fourth-order valence-corrected chi connectivity index (χ4v) is 3.11. The summed E-state index contributed by atoms with van der Waals surface area (Å²) in [6.45, 7) is 2.25. The molecular weight excluding hydrogens is 274 g/mol. The third-order valence-corrected chi connectivity index (χ3v) is 4.46. The van der Waals surface area contributed by atoms with Crippen LogP contribution in [0.15, 0.2) is 18.2 Å². The van der Waals surface area contributed by atoms with Crippen molar-refractivity contribution in [1.82, 2.24) is 5.32 Å². The number of carbonyl (C=O) groups is 1. The first kappa shape index (κ1) is 15.9. The minimum Gasteiger partial charge on any atom is -0.355 e. The molecule has 5 heteroatoms. The zero-order valence-electron chi connectivity index (χ0n) is 12.3. The Hall–Kier alpha value is -1.49. The molecule has 1 aliphatic rings. The molecule has 1 aromatic rings. The second-order valence-electron chi connectivity index (χ2n) is 5.94. The van der Waals surface area contributed by atoms with E-state index >= 15 is 0 Å². The molecule has 1 unspecified atom stereocenters. The molecule has 3 N–H and O–H groups in total. The van der Waals surface area contributed by atoms with Crippen LogP contribution in [0.25, 0.3) is 0 Å². The van der Waals surface area contributed by atoms with Gasteiger partial charge in [0.2, 0.25) is 5.91 Å². The first-order valence-electron chi connectivity index (χ1n) is 7.42. The molecule has 1 amide bonds. The molecule has 0 saturated heterocycles. The van der Waals surface area contributed by atoms with Gasteiger partial charge in [0.25, 0.3) is 0 Å². The van der Waals surface area contributed by atoms with Gasteiger partial charge in [-0.25, -0.2) is 8.78 Å². The molecule has 116 valence electrons. The van der Waals surface area contributed by atoms with E-state index in [1.807, 2.05) is 0 Å². The van der Waals surface area contributed by atoms with Gasteiger partial charge in [-0.15, -0.1) is 0 Å². The lowest BCUT2D eigenvalue weighted by atomic mass is 9.78. The summed E-state index contributed by atoms with van der Waals surface area (Å²) >= 11 is 0. The molecule has 0 bridgehead atoms. The summed E-state index contributed by atoms with van der Waals surface area (Å²) in [4.78, 5) is 11.9. The third kappa shape index (κ3) is 3.23. The van der Waals surface area contributed by atoms with Crippen LogP contribution in [0.4, 0.5) is 8.78 Å². The van der Waals surface area contributed by atoms with Crippen molar-refractivity contribution in [2.24, 2.45) is 11.7 Å². The fourth-order valence-electron chi connectivity index (χ4n) is 3.11. The van der Waals surface area contributed by atoms with E-state index in [2.05, 4.69) is 5.32 Å². The van der Waals surface area contributed by atoms with Crippen LogP contribution in [0, 0.1) is 17.6 Å². The standard InChI is InChI=1S/C16H22F2N2O/c1-11(9-19)15(21)20-10-16(7-2-3-8-16)14-12(17)5-4-6-13(14)18/h4-6,11H,2-3,7-10,19H2,1H3,(H,20,21). The lowest BCUT2D eigenvalue weighted by molar-refractivity contribution is -0.124. The van der Waals surface area contributed by atoms with Crippen LogP contribution in [0.5, 0.6) is 0 Å². The van der Waals surface area contributed by atoms with E-state index in [9.17, 15) is 13.6 Å². The van der Waals surface area contributed by atoms with E-state index in [1.54, 1.807) is 6.92 Å². The summed E-state index contributed by atoms with van der Waals surface area (Å²) < 4.78 is 28.2. The molecule has 1 aromatic carbocycles. The highest BCUT2D eigenvalue weighted by molar-refractivity contribution is 5.78. The van der Waals surface area contributed by atoms with E-state index in [0.29, 0.717) is 12.8 Å². The molecule has 1 fully saturated rings. The van der Waals surface area contributed by atoms with Gasteiger partial charge in [-0.3, -0.25) is 4.79 Å². The molecule has 0 radical (unpaired) electrons. The molecule has 1 aliphatic carbocycles. The molecule has 0 aliphatic heterocycles. The predicted molar refractivity (Wildman–Crippen MR) is 77.7 cm³/mol. The highest BCUT2D eigenvalue weighted by Gasteiger charge is 2.40. The average molecular weight is 296 g/mol. The van der Waals surface area contributed by atoms with Gasteiger partial charge < -0.3 is 11.1 Å². The summed E-state index contributed by atoms with van der Waals surface area (Å²) in [5.41, 5.74) is 4.94. The molecule has 0 spiro atoms. The van der Waals surface area contributed by atoms with Gasteiger partial charge in [0.05, 0.1) is 0 Å². The summed E-state index contributed by atoms with van der Waals surface area (Å²) in [5, 5.41) is 2.82. The van der Waals surface area contributed by atoms with Gasteiger partial charge in [0, 0.05) is 30.0 Å². The van der Waals surface area contributed by atoms with Crippen LogP contribution in [-0.2, 0) is 10.2 Å². The number of hydrogen-bond acceptors (Lipinski definition) is 2. The fraction of sp³-hybridized carbons (Fsp3) is 0.562. The quantitative estimate of drug-likeness (QED) is 0.877. The molecule has 1 saturated carbocycles. The summed E-state index contributed by atoms with van der Waals surface area (Å²) in [6.07, 6.45) is 3.19. The lowest BCUT2D eigenvalue weighted by Crippen LogP contribution is -2.43. The number of nitrogens with one attached hydrogen (secondary N) is 1. The average Bonchev–Trinajstić information content (AvgIpc) is 2.93. The number of nitrogens with two attached hydrogens (primary N) is 1. The Labute approximate surface area is 123 Å². The lowest BCUT2D eigenvalue weighted by Gasteiger charge is -2.31. The van der Waals surface area contributed by atoms with E-state index in [0.717, 1.165) is 12.8 Å². The van der Waals surface area contributed by atoms with Crippen molar-refractivity contribution in [2.75, 3.05) is 13.1 Å². The normalized spacial score (nSPS) is 18.5. The van der Waals surface area contributed by atoms with Crippen molar-refractivity contribution >= 4 is 5.91 Å². The zero-order valence-corrected chi connectivity index (χ0v) is 12.3. The van der Waals surface area contributed by atoms with E-state index < -0.39 is 17.0 Å². The van der Waals surface area contributed by atoms with Crippen molar-refractivity contribution in [3.8, 4) is 0 Å². The van der Waals surface area contributed by atoms with Crippen LogP contribution < -0.4 is 11.1 Å². The SMILES string of the molecule is CC(CN)C(=O)NCC1(c2c(F)cccc2F)CCCC1. The van der Waals surface area contributed by atoms with Crippen LogP contribution in [-0.4, -0.2) is 19.0 Å². The molecular formula is C16H22F2N2O. The first-order valence-corrected chi connectivity index (χ1v) is 7.42. The van der Waals surface area contributed by atoms with Gasteiger partial charge in [-0.2, -0.15) is 0 Å². The van der Waals surface area contributed by atoms with Crippen molar-refractivity contribution in [3.63, 3.8) is 0 Å². The Kier molecular flexibility index (Phi) is 4.93. The van der Waals surface area contributed by atoms with Gasteiger partial charge in [0.1, 0.15) is 11.6 Å². The second kappa shape index (κ2) is 6.52. The molecule has 3 nitrogen and oxygen atoms in total. The van der Waals surface area contributed by atoms with Gasteiger partial charge in [-0.05, 0) is 25.0 Å². The van der Waals surface area contributed by atoms with Crippen LogP contribution in [0.1, 0.15) is 38.2 Å². The van der Waals surface area contributed by atoms with Crippen molar-refractivity contribution in [1.29, 1.82) is 0 Å². The molecule has 21 heavy (non-hydrogen) atoms. The number of rotatable bonds is 5. The zero-order chi connectivity index (χ0) is 15.5. The van der Waals surface area contributed by atoms with Crippen LogP contribution in [0.3, 0.4) is 0 Å². The van der Waals surface area contributed by atoms with Crippen LogP contribution >= 0.6 is 0 Å². The number of halogens is 2. The Bertz CT molecular complexity index is 493. The van der Waals surface area contributed by atoms with Crippen LogP contribution in [0.2, 0.25) is 0 Å².